The maximum absolute atomic E-state index is 12.1. The van der Waals surface area contributed by atoms with Gasteiger partial charge in [0.1, 0.15) is 0 Å². The van der Waals surface area contributed by atoms with Crippen molar-refractivity contribution in [1.29, 1.82) is 5.26 Å². The predicted octanol–water partition coefficient (Wildman–Crippen LogP) is 2.45. The van der Waals surface area contributed by atoms with Crippen molar-refractivity contribution in [3.63, 3.8) is 0 Å². The van der Waals surface area contributed by atoms with Gasteiger partial charge in [0.2, 0.25) is 0 Å². The molecule has 1 atom stereocenters. The van der Waals surface area contributed by atoms with Crippen molar-refractivity contribution in [2.45, 2.75) is 18.8 Å². The van der Waals surface area contributed by atoms with Gasteiger partial charge in [-0.3, -0.25) is 4.79 Å². The molecular weight excluding hydrogens is 318 g/mol. The number of hydrogen-bond acceptors (Lipinski definition) is 3. The number of carbonyl (C=O) groups excluding carboxylic acids is 1. The van der Waals surface area contributed by atoms with Crippen LogP contribution < -0.4 is 5.32 Å². The number of carboxylic acids is 1. The smallest absolute Gasteiger partial charge is 0.317 e. The van der Waals surface area contributed by atoms with E-state index in [4.69, 9.17) is 16.9 Å². The number of nitriles is 1. The quantitative estimate of drug-likeness (QED) is 0.883. The molecule has 7 heteroatoms. The Morgan fingerprint density at radius 2 is 1.96 bits per heavy atom. The Kier molecular flexibility index (Phi) is 5.83. The third-order valence-corrected chi connectivity index (χ3v) is 4.24. The lowest BCUT2D eigenvalue weighted by Gasteiger charge is -2.29. The number of carboxylic acid groups (broad SMARTS) is 1. The van der Waals surface area contributed by atoms with Crippen molar-refractivity contribution in [3.05, 3.63) is 34.9 Å². The van der Waals surface area contributed by atoms with Crippen LogP contribution in [-0.2, 0) is 4.79 Å². The number of urea groups is 1. The summed E-state index contributed by atoms with van der Waals surface area (Å²) in [6.07, 6.45) is 1.31. The second kappa shape index (κ2) is 7.84. The number of hydrogen-bond donors (Lipinski definition) is 2. The molecule has 1 aliphatic heterocycles. The van der Waals surface area contributed by atoms with E-state index in [1.807, 2.05) is 0 Å². The predicted molar refractivity (Wildman–Crippen MR) is 85.1 cm³/mol. The Morgan fingerprint density at radius 3 is 2.48 bits per heavy atom. The first-order valence-electron chi connectivity index (χ1n) is 7.42. The van der Waals surface area contributed by atoms with E-state index in [-0.39, 0.29) is 18.5 Å². The van der Waals surface area contributed by atoms with Crippen LogP contribution in [0.25, 0.3) is 0 Å². The van der Waals surface area contributed by atoms with Crippen molar-refractivity contribution in [2.24, 2.45) is 5.92 Å². The van der Waals surface area contributed by atoms with Gasteiger partial charge < -0.3 is 15.3 Å². The first-order chi connectivity index (χ1) is 11.0. The lowest BCUT2D eigenvalue weighted by molar-refractivity contribution is -0.138. The van der Waals surface area contributed by atoms with Gasteiger partial charge in [0.25, 0.3) is 0 Å². The summed E-state index contributed by atoms with van der Waals surface area (Å²) in [5.74, 6) is -1.83. The maximum Gasteiger partial charge on any atom is 0.317 e. The fourth-order valence-electron chi connectivity index (χ4n) is 2.56. The molecule has 1 saturated heterocycles. The van der Waals surface area contributed by atoms with E-state index in [1.54, 1.807) is 29.2 Å². The SMILES string of the molecule is N#CC1CCN(C(=O)NCC(C(=O)O)c2ccc(Cl)cc2)CC1. The highest BCUT2D eigenvalue weighted by atomic mass is 35.5. The van der Waals surface area contributed by atoms with Gasteiger partial charge in [0.05, 0.1) is 12.0 Å². The minimum Gasteiger partial charge on any atom is -0.481 e. The van der Waals surface area contributed by atoms with Crippen molar-refractivity contribution in [3.8, 4) is 6.07 Å². The average molecular weight is 336 g/mol. The van der Waals surface area contributed by atoms with Gasteiger partial charge in [0, 0.05) is 30.6 Å². The van der Waals surface area contributed by atoms with Gasteiger partial charge in [-0.1, -0.05) is 23.7 Å². The van der Waals surface area contributed by atoms with Crippen molar-refractivity contribution in [1.82, 2.24) is 10.2 Å². The second-order valence-electron chi connectivity index (χ2n) is 5.52. The number of carbonyl (C=O) groups is 2. The molecule has 1 aromatic rings. The van der Waals surface area contributed by atoms with Crippen LogP contribution in [0.5, 0.6) is 0 Å². The zero-order chi connectivity index (χ0) is 16.8. The summed E-state index contributed by atoms with van der Waals surface area (Å²) in [6, 6.07) is 8.46. The van der Waals surface area contributed by atoms with Gasteiger partial charge >= 0.3 is 12.0 Å². The van der Waals surface area contributed by atoms with E-state index in [1.165, 1.54) is 0 Å². The van der Waals surface area contributed by atoms with E-state index in [2.05, 4.69) is 11.4 Å². The monoisotopic (exact) mass is 335 g/mol. The molecule has 1 unspecified atom stereocenters. The van der Waals surface area contributed by atoms with Crippen molar-refractivity contribution < 1.29 is 14.7 Å². The average Bonchev–Trinajstić information content (AvgIpc) is 2.56. The van der Waals surface area contributed by atoms with Gasteiger partial charge in [-0.25, -0.2) is 4.79 Å². The molecule has 23 heavy (non-hydrogen) atoms. The second-order valence-corrected chi connectivity index (χ2v) is 5.96. The third-order valence-electron chi connectivity index (χ3n) is 3.99. The van der Waals surface area contributed by atoms with Crippen LogP contribution >= 0.6 is 11.6 Å². The molecule has 122 valence electrons. The van der Waals surface area contributed by atoms with Gasteiger partial charge in [-0.15, -0.1) is 0 Å². The van der Waals surface area contributed by atoms with Crippen LogP contribution in [0.3, 0.4) is 0 Å². The topological polar surface area (TPSA) is 93.4 Å². The fraction of sp³-hybridized carbons (Fsp3) is 0.438. The summed E-state index contributed by atoms with van der Waals surface area (Å²) < 4.78 is 0. The van der Waals surface area contributed by atoms with Gasteiger partial charge in [-0.2, -0.15) is 5.26 Å². The number of rotatable bonds is 4. The lowest BCUT2D eigenvalue weighted by atomic mass is 9.98. The maximum atomic E-state index is 12.1. The molecule has 1 heterocycles. The first kappa shape index (κ1) is 17.1. The van der Waals surface area contributed by atoms with E-state index >= 15 is 0 Å². The van der Waals surface area contributed by atoms with Crippen LogP contribution in [0.1, 0.15) is 24.3 Å². The van der Waals surface area contributed by atoms with E-state index in [0.717, 1.165) is 0 Å². The Labute approximate surface area is 139 Å². The third kappa shape index (κ3) is 4.60. The molecule has 0 bridgehead atoms. The highest BCUT2D eigenvalue weighted by molar-refractivity contribution is 6.30. The molecule has 0 aromatic heterocycles. The molecule has 2 amide bonds. The molecule has 0 aliphatic carbocycles. The number of piperidine rings is 1. The van der Waals surface area contributed by atoms with Crippen molar-refractivity contribution in [2.75, 3.05) is 19.6 Å². The first-order valence-corrected chi connectivity index (χ1v) is 7.79. The van der Waals surface area contributed by atoms with Crippen LogP contribution in [0.4, 0.5) is 4.79 Å². The number of likely N-dealkylation sites (tertiary alicyclic amines) is 1. The summed E-state index contributed by atoms with van der Waals surface area (Å²) in [6.45, 7) is 1.04. The molecule has 0 spiro atoms. The molecule has 0 saturated carbocycles. The van der Waals surface area contributed by atoms with Crippen LogP contribution in [-0.4, -0.2) is 41.6 Å². The van der Waals surface area contributed by atoms with E-state index < -0.39 is 11.9 Å². The Balaban J connectivity index is 1.92. The minimum absolute atomic E-state index is 0.000106. The molecule has 1 aromatic carbocycles. The van der Waals surface area contributed by atoms with Crippen LogP contribution in [0.15, 0.2) is 24.3 Å². The zero-order valence-electron chi connectivity index (χ0n) is 12.5. The Morgan fingerprint density at radius 1 is 1.35 bits per heavy atom. The van der Waals surface area contributed by atoms with Gasteiger partial charge in [-0.05, 0) is 30.5 Å². The summed E-state index contributed by atoms with van der Waals surface area (Å²) in [7, 11) is 0. The highest BCUT2D eigenvalue weighted by Gasteiger charge is 2.25. The summed E-state index contributed by atoms with van der Waals surface area (Å²) in [4.78, 5) is 25.2. The summed E-state index contributed by atoms with van der Waals surface area (Å²) in [5, 5.41) is 21.4. The largest absolute Gasteiger partial charge is 0.481 e. The van der Waals surface area contributed by atoms with Crippen molar-refractivity contribution >= 4 is 23.6 Å². The Hall–Kier alpha value is -2.26. The summed E-state index contributed by atoms with van der Waals surface area (Å²) in [5.41, 5.74) is 0.588. The highest BCUT2D eigenvalue weighted by Crippen LogP contribution is 2.19. The molecule has 2 rings (SSSR count). The molecule has 1 fully saturated rings. The van der Waals surface area contributed by atoms with E-state index in [0.29, 0.717) is 36.5 Å². The molecule has 6 nitrogen and oxygen atoms in total. The lowest BCUT2D eigenvalue weighted by Crippen LogP contribution is -2.45. The van der Waals surface area contributed by atoms with Gasteiger partial charge in [0.15, 0.2) is 0 Å². The number of amides is 2. The molecular formula is C16H18ClN3O3. The molecule has 0 radical (unpaired) electrons. The van der Waals surface area contributed by atoms with Crippen LogP contribution in [0, 0.1) is 17.2 Å². The molecule has 1 aliphatic rings. The number of nitrogens with zero attached hydrogens (tertiary/aromatic N) is 2. The molecule has 2 N–H and O–H groups in total. The zero-order valence-corrected chi connectivity index (χ0v) is 13.3. The normalized spacial score (nSPS) is 16.4. The number of halogens is 1. The fourth-order valence-corrected chi connectivity index (χ4v) is 2.68. The van der Waals surface area contributed by atoms with Crippen LogP contribution in [0.2, 0.25) is 5.02 Å². The minimum atomic E-state index is -1.00. The Bertz CT molecular complexity index is 604. The number of benzene rings is 1. The van der Waals surface area contributed by atoms with E-state index in [9.17, 15) is 14.7 Å². The number of nitrogens with one attached hydrogen (secondary N) is 1. The number of aliphatic carboxylic acids is 1. The standard InChI is InChI=1S/C16H18ClN3O3/c17-13-3-1-12(2-4-13)14(15(21)22)10-19-16(23)20-7-5-11(9-18)6-8-20/h1-4,11,14H,5-8,10H2,(H,19,23)(H,21,22). The summed E-state index contributed by atoms with van der Waals surface area (Å²) >= 11 is 5.80.